The van der Waals surface area contributed by atoms with Gasteiger partial charge in [-0.1, -0.05) is 43.7 Å². The number of aromatic nitrogens is 3. The van der Waals surface area contributed by atoms with Crippen LogP contribution in [-0.4, -0.2) is 25.9 Å². The molecule has 1 N–H and O–H groups in total. The van der Waals surface area contributed by atoms with E-state index in [2.05, 4.69) is 22.4 Å². The average molecular weight is 350 g/mol. The lowest BCUT2D eigenvalue weighted by Crippen LogP contribution is -2.30. The lowest BCUT2D eigenvalue weighted by atomic mass is 10.2. The van der Waals surface area contributed by atoms with Crippen molar-refractivity contribution in [2.24, 2.45) is 0 Å². The molecule has 0 fully saturated rings. The molecule has 2 rings (SSSR count). The van der Waals surface area contributed by atoms with Crippen molar-refractivity contribution in [2.45, 2.75) is 56.6 Å². The number of amides is 1. The van der Waals surface area contributed by atoms with E-state index in [0.717, 1.165) is 36.5 Å². The highest BCUT2D eigenvalue weighted by molar-refractivity contribution is 8.00. The molecule has 2 aromatic rings. The van der Waals surface area contributed by atoms with Crippen molar-refractivity contribution >= 4 is 17.7 Å². The summed E-state index contributed by atoms with van der Waals surface area (Å²) in [7, 11) is 0. The molecule has 7 heteroatoms. The molecule has 0 spiro atoms. The number of hydrogen-bond acceptors (Lipinski definition) is 4. The summed E-state index contributed by atoms with van der Waals surface area (Å²) in [5.41, 5.74) is 0.865. The first-order valence-corrected chi connectivity index (χ1v) is 9.04. The topological polar surface area (TPSA) is 59.8 Å². The number of unbranched alkanes of at least 4 members (excludes halogenated alkanes) is 2. The van der Waals surface area contributed by atoms with Crippen LogP contribution in [0.25, 0.3) is 0 Å². The SMILES string of the molecule is CCCCCn1cnnc1S[C@H](C)C(=O)NCc1ccc(F)cc1. The van der Waals surface area contributed by atoms with Crippen LogP contribution < -0.4 is 5.32 Å². The predicted octanol–water partition coefficient (Wildman–Crippen LogP) is 3.40. The summed E-state index contributed by atoms with van der Waals surface area (Å²) in [6.07, 6.45) is 5.11. The van der Waals surface area contributed by atoms with Crippen molar-refractivity contribution in [1.82, 2.24) is 20.1 Å². The maximum Gasteiger partial charge on any atom is 0.233 e. The Morgan fingerprint density at radius 3 is 2.79 bits per heavy atom. The third-order valence-corrected chi connectivity index (χ3v) is 4.71. The minimum absolute atomic E-state index is 0.0765. The number of hydrogen-bond donors (Lipinski definition) is 1. The lowest BCUT2D eigenvalue weighted by molar-refractivity contribution is -0.120. The Kier molecular flexibility index (Phi) is 7.24. The molecule has 1 amide bonds. The van der Waals surface area contributed by atoms with Gasteiger partial charge >= 0.3 is 0 Å². The van der Waals surface area contributed by atoms with Gasteiger partial charge in [0.1, 0.15) is 12.1 Å². The number of aryl methyl sites for hydroxylation is 1. The van der Waals surface area contributed by atoms with Gasteiger partial charge in [-0.3, -0.25) is 4.79 Å². The molecule has 0 aliphatic rings. The predicted molar refractivity (Wildman–Crippen MR) is 93.1 cm³/mol. The van der Waals surface area contributed by atoms with Crippen LogP contribution in [0.2, 0.25) is 0 Å². The fourth-order valence-electron chi connectivity index (χ4n) is 2.17. The van der Waals surface area contributed by atoms with Crippen molar-refractivity contribution in [3.8, 4) is 0 Å². The van der Waals surface area contributed by atoms with E-state index in [4.69, 9.17) is 0 Å². The van der Waals surface area contributed by atoms with Crippen LogP contribution in [0.5, 0.6) is 0 Å². The molecule has 0 aliphatic carbocycles. The average Bonchev–Trinajstić information content (AvgIpc) is 3.01. The van der Waals surface area contributed by atoms with Crippen LogP contribution in [-0.2, 0) is 17.9 Å². The van der Waals surface area contributed by atoms with Crippen molar-refractivity contribution in [3.63, 3.8) is 0 Å². The quantitative estimate of drug-likeness (QED) is 0.556. The third kappa shape index (κ3) is 5.63. The van der Waals surface area contributed by atoms with Gasteiger partial charge in [0.2, 0.25) is 5.91 Å². The second-order valence-corrected chi connectivity index (χ2v) is 6.93. The molecule has 24 heavy (non-hydrogen) atoms. The molecule has 1 heterocycles. The molecule has 1 aromatic carbocycles. The Hall–Kier alpha value is -1.89. The molecule has 1 aromatic heterocycles. The molecule has 0 saturated heterocycles. The number of nitrogens with one attached hydrogen (secondary N) is 1. The molecule has 0 radical (unpaired) electrons. The van der Waals surface area contributed by atoms with Crippen LogP contribution in [0, 0.1) is 5.82 Å². The zero-order chi connectivity index (χ0) is 17.4. The van der Waals surface area contributed by atoms with E-state index in [9.17, 15) is 9.18 Å². The highest BCUT2D eigenvalue weighted by Crippen LogP contribution is 2.21. The van der Waals surface area contributed by atoms with Gasteiger partial charge in [0, 0.05) is 13.1 Å². The molecule has 0 aliphatic heterocycles. The van der Waals surface area contributed by atoms with Gasteiger partial charge in [-0.15, -0.1) is 10.2 Å². The number of benzene rings is 1. The monoisotopic (exact) mass is 350 g/mol. The second kappa shape index (κ2) is 9.42. The Morgan fingerprint density at radius 1 is 1.33 bits per heavy atom. The van der Waals surface area contributed by atoms with Crippen LogP contribution in [0.15, 0.2) is 35.7 Å². The maximum atomic E-state index is 12.9. The van der Waals surface area contributed by atoms with Crippen LogP contribution in [0.3, 0.4) is 0 Å². The van der Waals surface area contributed by atoms with Crippen LogP contribution in [0.1, 0.15) is 38.7 Å². The third-order valence-electron chi connectivity index (χ3n) is 3.61. The summed E-state index contributed by atoms with van der Waals surface area (Å²) in [6, 6.07) is 6.10. The maximum absolute atomic E-state index is 12.9. The molecular formula is C17H23FN4OS. The Labute approximate surface area is 146 Å². The van der Waals surface area contributed by atoms with Gasteiger partial charge in [0.05, 0.1) is 5.25 Å². The van der Waals surface area contributed by atoms with Crippen molar-refractivity contribution < 1.29 is 9.18 Å². The number of nitrogens with zero attached hydrogens (tertiary/aromatic N) is 3. The molecule has 5 nitrogen and oxygen atoms in total. The first-order valence-electron chi connectivity index (χ1n) is 8.16. The number of halogens is 1. The number of carbonyl (C=O) groups is 1. The highest BCUT2D eigenvalue weighted by Gasteiger charge is 2.17. The molecule has 1 atom stereocenters. The van der Waals surface area contributed by atoms with Gasteiger partial charge in [0.25, 0.3) is 0 Å². The standard InChI is InChI=1S/C17H23FN4OS/c1-3-4-5-10-22-12-20-21-17(22)24-13(2)16(23)19-11-14-6-8-15(18)9-7-14/h6-9,12-13H,3-5,10-11H2,1-2H3,(H,19,23)/t13-/m1/s1. The first-order chi connectivity index (χ1) is 11.6. The number of rotatable bonds is 9. The number of thioether (sulfide) groups is 1. The van der Waals surface area contributed by atoms with E-state index in [-0.39, 0.29) is 17.0 Å². The molecule has 0 saturated carbocycles. The van der Waals surface area contributed by atoms with E-state index in [1.54, 1.807) is 18.5 Å². The Balaban J connectivity index is 1.83. The van der Waals surface area contributed by atoms with E-state index < -0.39 is 0 Å². The van der Waals surface area contributed by atoms with Gasteiger partial charge in [0.15, 0.2) is 5.16 Å². The molecular weight excluding hydrogens is 327 g/mol. The zero-order valence-electron chi connectivity index (χ0n) is 14.0. The van der Waals surface area contributed by atoms with Crippen LogP contribution in [0.4, 0.5) is 4.39 Å². The Morgan fingerprint density at radius 2 is 2.08 bits per heavy atom. The molecule has 0 unspecified atom stereocenters. The molecule has 0 bridgehead atoms. The summed E-state index contributed by atoms with van der Waals surface area (Å²) in [5.74, 6) is -0.358. The summed E-state index contributed by atoms with van der Waals surface area (Å²) >= 11 is 1.40. The number of carbonyl (C=O) groups excluding carboxylic acids is 1. The van der Waals surface area contributed by atoms with E-state index in [1.807, 2.05) is 11.5 Å². The van der Waals surface area contributed by atoms with Crippen molar-refractivity contribution in [2.75, 3.05) is 0 Å². The van der Waals surface area contributed by atoms with E-state index in [0.29, 0.717) is 6.54 Å². The summed E-state index contributed by atoms with van der Waals surface area (Å²) < 4.78 is 14.9. The minimum Gasteiger partial charge on any atom is -0.351 e. The largest absolute Gasteiger partial charge is 0.351 e. The smallest absolute Gasteiger partial charge is 0.233 e. The summed E-state index contributed by atoms with van der Waals surface area (Å²) in [4.78, 5) is 12.2. The molecule has 130 valence electrons. The zero-order valence-corrected chi connectivity index (χ0v) is 14.9. The van der Waals surface area contributed by atoms with Gasteiger partial charge in [-0.2, -0.15) is 0 Å². The van der Waals surface area contributed by atoms with Gasteiger partial charge in [-0.05, 0) is 31.0 Å². The van der Waals surface area contributed by atoms with Crippen molar-refractivity contribution in [3.05, 3.63) is 42.0 Å². The van der Waals surface area contributed by atoms with E-state index >= 15 is 0 Å². The van der Waals surface area contributed by atoms with Crippen molar-refractivity contribution in [1.29, 1.82) is 0 Å². The van der Waals surface area contributed by atoms with E-state index in [1.165, 1.54) is 23.9 Å². The lowest BCUT2D eigenvalue weighted by Gasteiger charge is -2.12. The van der Waals surface area contributed by atoms with Crippen LogP contribution >= 0.6 is 11.8 Å². The Bertz CT molecular complexity index is 644. The summed E-state index contributed by atoms with van der Waals surface area (Å²) in [6.45, 7) is 5.26. The van der Waals surface area contributed by atoms with Gasteiger partial charge in [-0.25, -0.2) is 4.39 Å². The fourth-order valence-corrected chi connectivity index (χ4v) is 3.04. The minimum atomic E-state index is -0.281. The normalized spacial score (nSPS) is 12.1. The van der Waals surface area contributed by atoms with Gasteiger partial charge < -0.3 is 9.88 Å². The summed E-state index contributed by atoms with van der Waals surface area (Å²) in [5, 5.41) is 11.4. The fraction of sp³-hybridized carbons (Fsp3) is 0.471. The highest BCUT2D eigenvalue weighted by atomic mass is 32.2. The second-order valence-electron chi connectivity index (χ2n) is 5.62. The first kappa shape index (κ1) is 18.4.